The van der Waals surface area contributed by atoms with Gasteiger partial charge in [0, 0.05) is 10.9 Å². The van der Waals surface area contributed by atoms with Crippen LogP contribution in [0.1, 0.15) is 35.1 Å². The molecule has 0 aromatic heterocycles. The summed E-state index contributed by atoms with van der Waals surface area (Å²) in [5.74, 6) is 0.906. The first kappa shape index (κ1) is 14.2. The van der Waals surface area contributed by atoms with Crippen molar-refractivity contribution >= 4 is 28.9 Å². The van der Waals surface area contributed by atoms with E-state index in [1.165, 1.54) is 16.7 Å². The topological polar surface area (TPSA) is 12.0 Å². The largest absolute Gasteiger partial charge is 0.376 e. The van der Waals surface area contributed by atoms with Gasteiger partial charge in [0.25, 0.3) is 0 Å². The SMILES string of the molecule is Cc1ccc([C@@H]2Nc3c(Cl)cc(Cl)cc3[C@@H]3C=CC[C@@H]32)cc1. The molecule has 2 aliphatic rings. The van der Waals surface area contributed by atoms with E-state index >= 15 is 0 Å². The average Bonchev–Trinajstić information content (AvgIpc) is 2.97. The number of allylic oxidation sites excluding steroid dienone is 2. The zero-order valence-corrected chi connectivity index (χ0v) is 13.8. The minimum Gasteiger partial charge on any atom is -0.376 e. The molecule has 0 saturated carbocycles. The van der Waals surface area contributed by atoms with Gasteiger partial charge in [-0.1, -0.05) is 65.2 Å². The van der Waals surface area contributed by atoms with Gasteiger partial charge in [-0.25, -0.2) is 0 Å². The Morgan fingerprint density at radius 3 is 2.64 bits per heavy atom. The Labute approximate surface area is 140 Å². The summed E-state index contributed by atoms with van der Waals surface area (Å²) >= 11 is 12.7. The van der Waals surface area contributed by atoms with E-state index in [1.807, 2.05) is 6.07 Å². The summed E-state index contributed by atoms with van der Waals surface area (Å²) in [7, 11) is 0. The third-order valence-corrected chi connectivity index (χ3v) is 5.34. The molecule has 0 spiro atoms. The van der Waals surface area contributed by atoms with Crippen LogP contribution in [0, 0.1) is 12.8 Å². The maximum atomic E-state index is 6.44. The molecule has 3 atom stereocenters. The molecule has 0 saturated heterocycles. The van der Waals surface area contributed by atoms with Crippen LogP contribution in [-0.2, 0) is 0 Å². The Morgan fingerprint density at radius 2 is 1.86 bits per heavy atom. The second-order valence-corrected chi connectivity index (χ2v) is 7.08. The molecule has 1 heterocycles. The lowest BCUT2D eigenvalue weighted by atomic mass is 9.77. The Balaban J connectivity index is 1.82. The number of halogens is 2. The molecule has 2 aromatic rings. The molecule has 0 unspecified atom stereocenters. The van der Waals surface area contributed by atoms with E-state index < -0.39 is 0 Å². The molecule has 0 amide bonds. The van der Waals surface area contributed by atoms with Crippen molar-refractivity contribution in [2.24, 2.45) is 5.92 Å². The van der Waals surface area contributed by atoms with E-state index in [1.54, 1.807) is 0 Å². The first-order valence-corrected chi connectivity index (χ1v) is 8.38. The molecule has 3 heteroatoms. The van der Waals surface area contributed by atoms with Gasteiger partial charge >= 0.3 is 0 Å². The average molecular weight is 330 g/mol. The van der Waals surface area contributed by atoms with Gasteiger partial charge in [-0.15, -0.1) is 0 Å². The Bertz CT molecular complexity index is 749. The van der Waals surface area contributed by atoms with Crippen molar-refractivity contribution in [3.63, 3.8) is 0 Å². The Morgan fingerprint density at radius 1 is 1.09 bits per heavy atom. The maximum Gasteiger partial charge on any atom is 0.0655 e. The smallest absolute Gasteiger partial charge is 0.0655 e. The molecule has 4 rings (SSSR count). The molecule has 1 N–H and O–H groups in total. The van der Waals surface area contributed by atoms with Crippen molar-refractivity contribution in [1.82, 2.24) is 0 Å². The highest BCUT2D eigenvalue weighted by Gasteiger charge is 2.38. The molecule has 0 fully saturated rings. The fraction of sp³-hybridized carbons (Fsp3) is 0.263. The first-order chi connectivity index (χ1) is 10.6. The number of hydrogen-bond acceptors (Lipinski definition) is 1. The summed E-state index contributed by atoms with van der Waals surface area (Å²) in [5.41, 5.74) is 4.86. The van der Waals surface area contributed by atoms with E-state index in [2.05, 4.69) is 54.7 Å². The predicted molar refractivity (Wildman–Crippen MR) is 94.0 cm³/mol. The number of anilines is 1. The molecule has 112 valence electrons. The third-order valence-electron chi connectivity index (χ3n) is 4.82. The van der Waals surface area contributed by atoms with Gasteiger partial charge in [0.1, 0.15) is 0 Å². The van der Waals surface area contributed by atoms with E-state index in [0.29, 0.717) is 21.9 Å². The summed E-state index contributed by atoms with van der Waals surface area (Å²) in [6.07, 6.45) is 5.67. The van der Waals surface area contributed by atoms with Crippen LogP contribution in [0.15, 0.2) is 48.6 Å². The highest BCUT2D eigenvalue weighted by Crippen LogP contribution is 2.52. The lowest BCUT2D eigenvalue weighted by molar-refractivity contribution is 0.425. The van der Waals surface area contributed by atoms with Crippen LogP contribution in [0.25, 0.3) is 0 Å². The fourth-order valence-electron chi connectivity index (χ4n) is 3.72. The van der Waals surface area contributed by atoms with E-state index in [4.69, 9.17) is 23.2 Å². The van der Waals surface area contributed by atoms with Crippen LogP contribution < -0.4 is 5.32 Å². The molecule has 0 bridgehead atoms. The fourth-order valence-corrected chi connectivity index (χ4v) is 4.29. The van der Waals surface area contributed by atoms with Gasteiger partial charge in [-0.05, 0) is 42.5 Å². The van der Waals surface area contributed by atoms with Crippen molar-refractivity contribution in [3.05, 3.63) is 75.3 Å². The van der Waals surface area contributed by atoms with Crippen molar-refractivity contribution < 1.29 is 0 Å². The lowest BCUT2D eigenvalue weighted by Gasteiger charge is -2.38. The summed E-state index contributed by atoms with van der Waals surface area (Å²) in [4.78, 5) is 0. The second kappa shape index (κ2) is 5.33. The van der Waals surface area contributed by atoms with Gasteiger partial charge in [0.05, 0.1) is 16.8 Å². The molecule has 0 radical (unpaired) electrons. The molecule has 22 heavy (non-hydrogen) atoms. The highest BCUT2D eigenvalue weighted by molar-refractivity contribution is 6.36. The van der Waals surface area contributed by atoms with Gasteiger partial charge in [0.2, 0.25) is 0 Å². The lowest BCUT2D eigenvalue weighted by Crippen LogP contribution is -2.29. The molecule has 1 aliphatic heterocycles. The molecular formula is C19H17Cl2N. The van der Waals surface area contributed by atoms with Crippen LogP contribution in [0.2, 0.25) is 10.0 Å². The second-order valence-electron chi connectivity index (χ2n) is 6.24. The van der Waals surface area contributed by atoms with Gasteiger partial charge in [-0.2, -0.15) is 0 Å². The molecule has 1 aliphatic carbocycles. The van der Waals surface area contributed by atoms with Crippen LogP contribution in [0.5, 0.6) is 0 Å². The van der Waals surface area contributed by atoms with Crippen molar-refractivity contribution in [3.8, 4) is 0 Å². The predicted octanol–water partition coefficient (Wildman–Crippen LogP) is 6.13. The number of benzene rings is 2. The number of aryl methyl sites for hydroxylation is 1. The quantitative estimate of drug-likeness (QED) is 0.620. The van der Waals surface area contributed by atoms with Gasteiger partial charge in [-0.3, -0.25) is 0 Å². The van der Waals surface area contributed by atoms with Crippen LogP contribution in [0.4, 0.5) is 5.69 Å². The standard InChI is InChI=1S/C19H17Cl2N/c1-11-5-7-12(8-6-11)18-15-4-2-3-14(15)16-9-13(20)10-17(21)19(16)22-18/h2-3,5-10,14-15,18,22H,4H2,1H3/t14-,15+,18+/m1/s1. The van der Waals surface area contributed by atoms with Crippen molar-refractivity contribution in [2.75, 3.05) is 5.32 Å². The number of rotatable bonds is 1. The van der Waals surface area contributed by atoms with Crippen LogP contribution in [-0.4, -0.2) is 0 Å². The highest BCUT2D eigenvalue weighted by atomic mass is 35.5. The van der Waals surface area contributed by atoms with E-state index in [9.17, 15) is 0 Å². The van der Waals surface area contributed by atoms with Crippen molar-refractivity contribution in [2.45, 2.75) is 25.3 Å². The summed E-state index contributed by atoms with van der Waals surface area (Å²) < 4.78 is 0. The van der Waals surface area contributed by atoms with Gasteiger partial charge in [0.15, 0.2) is 0 Å². The summed E-state index contributed by atoms with van der Waals surface area (Å²) in [6, 6.07) is 12.9. The molecule has 1 nitrogen and oxygen atoms in total. The zero-order chi connectivity index (χ0) is 15.3. The van der Waals surface area contributed by atoms with E-state index in [-0.39, 0.29) is 6.04 Å². The van der Waals surface area contributed by atoms with E-state index in [0.717, 1.165) is 12.1 Å². The Kier molecular flexibility index (Phi) is 3.43. The minimum atomic E-state index is 0.284. The molecule has 2 aromatic carbocycles. The minimum absolute atomic E-state index is 0.284. The first-order valence-electron chi connectivity index (χ1n) is 7.62. The molecular weight excluding hydrogens is 313 g/mol. The maximum absolute atomic E-state index is 6.44. The number of hydrogen-bond donors (Lipinski definition) is 1. The summed E-state index contributed by atoms with van der Waals surface area (Å²) in [6.45, 7) is 2.12. The van der Waals surface area contributed by atoms with Gasteiger partial charge < -0.3 is 5.32 Å². The van der Waals surface area contributed by atoms with Crippen LogP contribution >= 0.6 is 23.2 Å². The normalized spacial score (nSPS) is 25.5. The third kappa shape index (κ3) is 2.24. The monoisotopic (exact) mass is 329 g/mol. The van der Waals surface area contributed by atoms with Crippen LogP contribution in [0.3, 0.4) is 0 Å². The number of nitrogens with one attached hydrogen (secondary N) is 1. The number of fused-ring (bicyclic) bond motifs is 3. The Hall–Kier alpha value is -1.44. The van der Waals surface area contributed by atoms with Crippen molar-refractivity contribution in [1.29, 1.82) is 0 Å². The summed E-state index contributed by atoms with van der Waals surface area (Å²) in [5, 5.41) is 5.08. The zero-order valence-electron chi connectivity index (χ0n) is 12.3.